The first-order valence-corrected chi connectivity index (χ1v) is 11.3. The molecule has 0 aliphatic carbocycles. The summed E-state index contributed by atoms with van der Waals surface area (Å²) in [6, 6.07) is 14.0. The van der Waals surface area contributed by atoms with Crippen molar-refractivity contribution in [1.29, 1.82) is 0 Å². The summed E-state index contributed by atoms with van der Waals surface area (Å²) in [6.45, 7) is 5.22. The standard InChI is InChI=1S/C22H28N2O3S/c1-17(2)20-12-5-6-13-21(20)23-22(25)18-10-9-11-19(16-18)28(26,27)24-14-7-3-4-8-15-24/h5-6,9-13,16-17H,3-4,7-8,14-15H2,1-2H3,(H,23,25). The second-order valence-electron chi connectivity index (χ2n) is 7.54. The predicted molar refractivity (Wildman–Crippen MR) is 112 cm³/mol. The number of nitrogens with zero attached hydrogens (tertiary/aromatic N) is 1. The molecule has 1 fully saturated rings. The molecule has 1 aliphatic heterocycles. The van der Waals surface area contributed by atoms with Crippen molar-refractivity contribution in [1.82, 2.24) is 4.31 Å². The van der Waals surface area contributed by atoms with Crippen molar-refractivity contribution in [2.45, 2.75) is 50.3 Å². The molecule has 28 heavy (non-hydrogen) atoms. The molecule has 1 aliphatic rings. The highest BCUT2D eigenvalue weighted by atomic mass is 32.2. The van der Waals surface area contributed by atoms with Crippen LogP contribution in [0.2, 0.25) is 0 Å². The number of anilines is 1. The summed E-state index contributed by atoms with van der Waals surface area (Å²) < 4.78 is 27.6. The van der Waals surface area contributed by atoms with E-state index in [4.69, 9.17) is 0 Å². The van der Waals surface area contributed by atoms with Gasteiger partial charge in [-0.3, -0.25) is 4.79 Å². The molecule has 0 bridgehead atoms. The quantitative estimate of drug-likeness (QED) is 0.796. The molecule has 150 valence electrons. The van der Waals surface area contributed by atoms with Gasteiger partial charge in [0.2, 0.25) is 10.0 Å². The lowest BCUT2D eigenvalue weighted by molar-refractivity contribution is 0.102. The molecule has 0 saturated carbocycles. The lowest BCUT2D eigenvalue weighted by atomic mass is 10.0. The van der Waals surface area contributed by atoms with E-state index in [0.29, 0.717) is 18.7 Å². The molecule has 2 aromatic rings. The zero-order chi connectivity index (χ0) is 20.1. The molecule has 0 radical (unpaired) electrons. The van der Waals surface area contributed by atoms with Gasteiger partial charge in [-0.1, -0.05) is 51.0 Å². The molecule has 5 nitrogen and oxygen atoms in total. The van der Waals surface area contributed by atoms with Gasteiger partial charge in [-0.15, -0.1) is 0 Å². The lowest BCUT2D eigenvalue weighted by Gasteiger charge is -2.20. The van der Waals surface area contributed by atoms with Crippen LogP contribution >= 0.6 is 0 Å². The Morgan fingerprint density at radius 3 is 2.32 bits per heavy atom. The van der Waals surface area contributed by atoms with Crippen molar-refractivity contribution < 1.29 is 13.2 Å². The fourth-order valence-corrected chi connectivity index (χ4v) is 5.10. The molecule has 0 atom stereocenters. The number of hydrogen-bond donors (Lipinski definition) is 1. The van der Waals surface area contributed by atoms with Crippen LogP contribution in [0.25, 0.3) is 0 Å². The van der Waals surface area contributed by atoms with Gasteiger partial charge >= 0.3 is 0 Å². The van der Waals surface area contributed by atoms with Crippen molar-refractivity contribution in [3.8, 4) is 0 Å². The largest absolute Gasteiger partial charge is 0.322 e. The third-order valence-corrected chi connectivity index (χ3v) is 7.02. The van der Waals surface area contributed by atoms with E-state index in [-0.39, 0.29) is 16.7 Å². The van der Waals surface area contributed by atoms with Crippen molar-refractivity contribution in [3.05, 3.63) is 59.7 Å². The molecular formula is C22H28N2O3S. The van der Waals surface area contributed by atoms with Gasteiger partial charge in [0.15, 0.2) is 0 Å². The van der Waals surface area contributed by atoms with E-state index in [0.717, 1.165) is 36.9 Å². The number of hydrogen-bond acceptors (Lipinski definition) is 3. The molecular weight excluding hydrogens is 372 g/mol. The number of benzene rings is 2. The number of carbonyl (C=O) groups excluding carboxylic acids is 1. The van der Waals surface area contributed by atoms with Gasteiger partial charge in [0.25, 0.3) is 5.91 Å². The summed E-state index contributed by atoms with van der Waals surface area (Å²) in [7, 11) is -3.58. The van der Waals surface area contributed by atoms with Crippen LogP contribution in [0.3, 0.4) is 0 Å². The van der Waals surface area contributed by atoms with Crippen LogP contribution < -0.4 is 5.32 Å². The van der Waals surface area contributed by atoms with Crippen LogP contribution in [-0.4, -0.2) is 31.7 Å². The van der Waals surface area contributed by atoms with E-state index in [1.54, 1.807) is 22.5 Å². The van der Waals surface area contributed by atoms with E-state index >= 15 is 0 Å². The highest BCUT2D eigenvalue weighted by molar-refractivity contribution is 7.89. The molecule has 0 aromatic heterocycles. The van der Waals surface area contributed by atoms with E-state index in [1.165, 1.54) is 6.07 Å². The molecule has 1 N–H and O–H groups in total. The number of para-hydroxylation sites is 1. The van der Waals surface area contributed by atoms with Gasteiger partial charge in [0.05, 0.1) is 4.90 Å². The predicted octanol–water partition coefficient (Wildman–Crippen LogP) is 4.63. The molecule has 1 saturated heterocycles. The third-order valence-electron chi connectivity index (χ3n) is 5.13. The highest BCUT2D eigenvalue weighted by Gasteiger charge is 2.26. The molecule has 3 rings (SSSR count). The van der Waals surface area contributed by atoms with Crippen LogP contribution in [0, 0.1) is 0 Å². The summed E-state index contributed by atoms with van der Waals surface area (Å²) in [5.74, 6) is -0.0349. The molecule has 1 heterocycles. The normalized spacial score (nSPS) is 16.0. The minimum atomic E-state index is -3.58. The average molecular weight is 401 g/mol. The van der Waals surface area contributed by atoms with Crippen molar-refractivity contribution in [2.75, 3.05) is 18.4 Å². The summed E-state index contributed by atoms with van der Waals surface area (Å²) in [6.07, 6.45) is 3.88. The Balaban J connectivity index is 1.84. The van der Waals surface area contributed by atoms with Crippen molar-refractivity contribution in [3.63, 3.8) is 0 Å². The number of carbonyl (C=O) groups is 1. The third kappa shape index (κ3) is 4.62. The summed E-state index contributed by atoms with van der Waals surface area (Å²) in [5.41, 5.74) is 2.14. The lowest BCUT2D eigenvalue weighted by Crippen LogP contribution is -2.32. The minimum absolute atomic E-state index is 0.180. The maximum absolute atomic E-state index is 13.0. The Morgan fingerprint density at radius 2 is 1.64 bits per heavy atom. The van der Waals surface area contributed by atoms with Crippen LogP contribution in [-0.2, 0) is 10.0 Å². The Morgan fingerprint density at radius 1 is 0.964 bits per heavy atom. The minimum Gasteiger partial charge on any atom is -0.322 e. The molecule has 0 unspecified atom stereocenters. The molecule has 1 amide bonds. The highest BCUT2D eigenvalue weighted by Crippen LogP contribution is 2.25. The monoisotopic (exact) mass is 400 g/mol. The first-order chi connectivity index (χ1) is 13.4. The fourth-order valence-electron chi connectivity index (χ4n) is 3.54. The topological polar surface area (TPSA) is 66.5 Å². The van der Waals surface area contributed by atoms with E-state index in [9.17, 15) is 13.2 Å². The van der Waals surface area contributed by atoms with Gasteiger partial charge in [0, 0.05) is 24.3 Å². The van der Waals surface area contributed by atoms with Crippen molar-refractivity contribution in [2.24, 2.45) is 0 Å². The molecule has 0 spiro atoms. The van der Waals surface area contributed by atoms with Crippen LogP contribution in [0.15, 0.2) is 53.4 Å². The second-order valence-corrected chi connectivity index (χ2v) is 9.48. The van der Waals surface area contributed by atoms with Gasteiger partial charge in [-0.25, -0.2) is 8.42 Å². The second kappa shape index (κ2) is 8.88. The summed E-state index contributed by atoms with van der Waals surface area (Å²) in [4.78, 5) is 13.0. The number of sulfonamides is 1. The SMILES string of the molecule is CC(C)c1ccccc1NC(=O)c1cccc(S(=O)(=O)N2CCCCCC2)c1. The Hall–Kier alpha value is -2.18. The van der Waals surface area contributed by atoms with Crippen LogP contribution in [0.5, 0.6) is 0 Å². The zero-order valence-electron chi connectivity index (χ0n) is 16.5. The average Bonchev–Trinajstić information content (AvgIpc) is 2.98. The maximum atomic E-state index is 13.0. The number of nitrogens with one attached hydrogen (secondary N) is 1. The number of amides is 1. The maximum Gasteiger partial charge on any atom is 0.255 e. The molecule has 2 aromatic carbocycles. The summed E-state index contributed by atoms with van der Waals surface area (Å²) >= 11 is 0. The smallest absolute Gasteiger partial charge is 0.255 e. The Labute approximate surface area is 167 Å². The fraction of sp³-hybridized carbons (Fsp3) is 0.409. The van der Waals surface area contributed by atoms with E-state index < -0.39 is 10.0 Å². The van der Waals surface area contributed by atoms with Crippen LogP contribution in [0.1, 0.15) is 61.4 Å². The van der Waals surface area contributed by atoms with Gasteiger partial charge in [-0.2, -0.15) is 4.31 Å². The van der Waals surface area contributed by atoms with Gasteiger partial charge < -0.3 is 5.32 Å². The number of rotatable bonds is 5. The van der Waals surface area contributed by atoms with Gasteiger partial charge in [0.1, 0.15) is 0 Å². The van der Waals surface area contributed by atoms with E-state index in [1.807, 2.05) is 24.3 Å². The first kappa shape index (κ1) is 20.6. The summed E-state index contributed by atoms with van der Waals surface area (Å²) in [5, 5.41) is 2.93. The Bertz CT molecular complexity index is 930. The Kier molecular flexibility index (Phi) is 6.52. The first-order valence-electron chi connectivity index (χ1n) is 9.90. The van der Waals surface area contributed by atoms with Crippen LogP contribution in [0.4, 0.5) is 5.69 Å². The van der Waals surface area contributed by atoms with E-state index in [2.05, 4.69) is 19.2 Å². The van der Waals surface area contributed by atoms with Crippen molar-refractivity contribution >= 4 is 21.6 Å². The molecule has 6 heteroatoms. The van der Waals surface area contributed by atoms with Gasteiger partial charge in [-0.05, 0) is 48.6 Å². The zero-order valence-corrected chi connectivity index (χ0v) is 17.3.